The monoisotopic (exact) mass is 251 g/mol. The lowest BCUT2D eigenvalue weighted by molar-refractivity contribution is 0.0697. The van der Waals surface area contributed by atoms with Crippen LogP contribution in [0.2, 0.25) is 0 Å². The van der Waals surface area contributed by atoms with Crippen LogP contribution in [0.3, 0.4) is 0 Å². The maximum Gasteiger partial charge on any atom is 0.338 e. The van der Waals surface area contributed by atoms with Crippen molar-refractivity contribution in [2.45, 2.75) is 6.92 Å². The summed E-state index contributed by atoms with van der Waals surface area (Å²) in [4.78, 5) is 14.5. The van der Waals surface area contributed by atoms with Crippen molar-refractivity contribution in [3.8, 4) is 11.3 Å². The molecule has 0 unspecified atom stereocenters. The first-order valence-corrected chi connectivity index (χ1v) is 6.08. The van der Waals surface area contributed by atoms with E-state index in [0.717, 1.165) is 21.9 Å². The van der Waals surface area contributed by atoms with E-state index in [1.807, 2.05) is 42.5 Å². The number of aryl methyl sites for hydroxylation is 1. The minimum absolute atomic E-state index is 0.344. The van der Waals surface area contributed by atoms with Crippen LogP contribution in [0.5, 0.6) is 0 Å². The van der Waals surface area contributed by atoms with Gasteiger partial charge in [-0.25, -0.2) is 4.79 Å². The standard InChI is InChI=1S/C16H13NO2/c1-10-9-17-15(14(10)16(18)19)13-8-4-6-11-5-2-3-7-12(11)13/h2-9,17H,1H3,(H,18,19). The van der Waals surface area contributed by atoms with E-state index in [1.54, 1.807) is 13.1 Å². The van der Waals surface area contributed by atoms with E-state index in [1.165, 1.54) is 0 Å². The van der Waals surface area contributed by atoms with E-state index in [2.05, 4.69) is 4.98 Å². The first kappa shape index (κ1) is 11.5. The molecule has 0 amide bonds. The molecule has 2 N–H and O–H groups in total. The predicted octanol–water partition coefficient (Wildman–Crippen LogP) is 3.84. The van der Waals surface area contributed by atoms with Crippen molar-refractivity contribution in [2.24, 2.45) is 0 Å². The molecule has 0 fully saturated rings. The van der Waals surface area contributed by atoms with Crippen LogP contribution in [0, 0.1) is 6.92 Å². The third kappa shape index (κ3) is 1.80. The molecule has 0 bridgehead atoms. The van der Waals surface area contributed by atoms with Crippen LogP contribution in [0.1, 0.15) is 15.9 Å². The number of H-pyrrole nitrogens is 1. The normalized spacial score (nSPS) is 10.8. The summed E-state index contributed by atoms with van der Waals surface area (Å²) in [7, 11) is 0. The number of hydrogen-bond donors (Lipinski definition) is 2. The molecule has 0 saturated heterocycles. The van der Waals surface area contributed by atoms with Crippen LogP contribution in [0.15, 0.2) is 48.7 Å². The zero-order valence-electron chi connectivity index (χ0n) is 10.5. The Morgan fingerprint density at radius 2 is 1.84 bits per heavy atom. The molecule has 1 aromatic heterocycles. The van der Waals surface area contributed by atoms with E-state index in [9.17, 15) is 9.90 Å². The third-order valence-electron chi connectivity index (χ3n) is 3.35. The van der Waals surface area contributed by atoms with Crippen LogP contribution in [0.4, 0.5) is 0 Å². The van der Waals surface area contributed by atoms with E-state index in [-0.39, 0.29) is 0 Å². The highest BCUT2D eigenvalue weighted by molar-refractivity contribution is 6.03. The second-order valence-corrected chi connectivity index (χ2v) is 4.55. The van der Waals surface area contributed by atoms with Crippen molar-refractivity contribution in [3.05, 3.63) is 59.8 Å². The Labute approximate surface area is 110 Å². The maximum atomic E-state index is 11.4. The Kier molecular flexibility index (Phi) is 2.60. The summed E-state index contributed by atoms with van der Waals surface area (Å²) in [6.45, 7) is 1.80. The number of aromatic nitrogens is 1. The highest BCUT2D eigenvalue weighted by Gasteiger charge is 2.17. The van der Waals surface area contributed by atoms with Gasteiger partial charge in [0.05, 0.1) is 11.3 Å². The van der Waals surface area contributed by atoms with Gasteiger partial charge in [-0.3, -0.25) is 0 Å². The SMILES string of the molecule is Cc1c[nH]c(-c2cccc3ccccc23)c1C(=O)O. The molecule has 94 valence electrons. The molecule has 0 atom stereocenters. The Balaban J connectivity index is 2.34. The Bertz CT molecular complexity index is 766. The Morgan fingerprint density at radius 1 is 1.11 bits per heavy atom. The number of rotatable bonds is 2. The minimum atomic E-state index is -0.901. The lowest BCUT2D eigenvalue weighted by Gasteiger charge is -2.06. The van der Waals surface area contributed by atoms with Crippen molar-refractivity contribution in [3.63, 3.8) is 0 Å². The summed E-state index contributed by atoms with van der Waals surface area (Å²) >= 11 is 0. The number of nitrogens with one attached hydrogen (secondary N) is 1. The lowest BCUT2D eigenvalue weighted by atomic mass is 9.99. The van der Waals surface area contributed by atoms with Gasteiger partial charge in [0.25, 0.3) is 0 Å². The molecular formula is C16H13NO2. The van der Waals surface area contributed by atoms with Gasteiger partial charge >= 0.3 is 5.97 Å². The molecule has 0 aliphatic rings. The highest BCUT2D eigenvalue weighted by Crippen LogP contribution is 2.31. The number of carboxylic acids is 1. The fourth-order valence-electron chi connectivity index (χ4n) is 2.45. The second-order valence-electron chi connectivity index (χ2n) is 4.55. The molecule has 0 aliphatic carbocycles. The van der Waals surface area contributed by atoms with Gasteiger partial charge in [0.2, 0.25) is 0 Å². The maximum absolute atomic E-state index is 11.4. The average Bonchev–Trinajstić information content (AvgIpc) is 2.80. The number of aromatic amines is 1. The number of benzene rings is 2. The van der Waals surface area contributed by atoms with Crippen LogP contribution >= 0.6 is 0 Å². The second kappa shape index (κ2) is 4.28. The quantitative estimate of drug-likeness (QED) is 0.727. The fraction of sp³-hybridized carbons (Fsp3) is 0.0625. The molecule has 0 aliphatic heterocycles. The molecule has 19 heavy (non-hydrogen) atoms. The van der Waals surface area contributed by atoms with E-state index in [0.29, 0.717) is 11.3 Å². The summed E-state index contributed by atoms with van der Waals surface area (Å²) in [6.07, 6.45) is 1.74. The van der Waals surface area contributed by atoms with Gasteiger partial charge in [-0.1, -0.05) is 42.5 Å². The molecule has 1 heterocycles. The lowest BCUT2D eigenvalue weighted by Crippen LogP contribution is -1.99. The van der Waals surface area contributed by atoms with Crippen LogP contribution in [0.25, 0.3) is 22.0 Å². The van der Waals surface area contributed by atoms with Gasteiger partial charge in [0.15, 0.2) is 0 Å². The number of hydrogen-bond acceptors (Lipinski definition) is 1. The number of carboxylic acid groups (broad SMARTS) is 1. The molecule has 0 saturated carbocycles. The van der Waals surface area contributed by atoms with Gasteiger partial charge in [0.1, 0.15) is 0 Å². The van der Waals surface area contributed by atoms with Gasteiger partial charge in [-0.15, -0.1) is 0 Å². The van der Waals surface area contributed by atoms with Gasteiger partial charge < -0.3 is 10.1 Å². The van der Waals surface area contributed by atoms with Gasteiger partial charge in [0, 0.05) is 11.8 Å². The van der Waals surface area contributed by atoms with Crippen molar-refractivity contribution >= 4 is 16.7 Å². The van der Waals surface area contributed by atoms with Crippen molar-refractivity contribution < 1.29 is 9.90 Å². The first-order valence-electron chi connectivity index (χ1n) is 6.08. The zero-order valence-corrected chi connectivity index (χ0v) is 10.5. The highest BCUT2D eigenvalue weighted by atomic mass is 16.4. The van der Waals surface area contributed by atoms with Crippen molar-refractivity contribution in [2.75, 3.05) is 0 Å². The van der Waals surface area contributed by atoms with Crippen molar-refractivity contribution in [1.82, 2.24) is 4.98 Å². The summed E-state index contributed by atoms with van der Waals surface area (Å²) in [5.74, 6) is -0.901. The molecular weight excluding hydrogens is 238 g/mol. The first-order chi connectivity index (χ1) is 9.18. The Morgan fingerprint density at radius 3 is 2.63 bits per heavy atom. The van der Waals surface area contributed by atoms with Gasteiger partial charge in [-0.05, 0) is 23.3 Å². The van der Waals surface area contributed by atoms with Crippen LogP contribution < -0.4 is 0 Å². The number of aromatic carboxylic acids is 1. The summed E-state index contributed by atoms with van der Waals surface area (Å²) in [5.41, 5.74) is 2.68. The van der Waals surface area contributed by atoms with Crippen LogP contribution in [-0.4, -0.2) is 16.1 Å². The molecule has 3 heteroatoms. The number of carbonyl (C=O) groups is 1. The molecule has 0 spiro atoms. The number of fused-ring (bicyclic) bond motifs is 1. The smallest absolute Gasteiger partial charge is 0.338 e. The Hall–Kier alpha value is -2.55. The predicted molar refractivity (Wildman–Crippen MR) is 75.4 cm³/mol. The molecule has 3 rings (SSSR count). The minimum Gasteiger partial charge on any atom is -0.478 e. The van der Waals surface area contributed by atoms with Gasteiger partial charge in [-0.2, -0.15) is 0 Å². The fourth-order valence-corrected chi connectivity index (χ4v) is 2.45. The largest absolute Gasteiger partial charge is 0.478 e. The summed E-state index contributed by atoms with van der Waals surface area (Å²) < 4.78 is 0. The molecule has 3 aromatic rings. The van der Waals surface area contributed by atoms with E-state index < -0.39 is 5.97 Å². The van der Waals surface area contributed by atoms with E-state index >= 15 is 0 Å². The molecule has 3 nitrogen and oxygen atoms in total. The van der Waals surface area contributed by atoms with E-state index in [4.69, 9.17) is 0 Å². The zero-order chi connectivity index (χ0) is 13.4. The molecule has 2 aromatic carbocycles. The average molecular weight is 251 g/mol. The topological polar surface area (TPSA) is 53.1 Å². The third-order valence-corrected chi connectivity index (χ3v) is 3.35. The van der Waals surface area contributed by atoms with Crippen LogP contribution in [-0.2, 0) is 0 Å². The summed E-state index contributed by atoms with van der Waals surface area (Å²) in [6, 6.07) is 13.9. The van der Waals surface area contributed by atoms with Crippen molar-refractivity contribution in [1.29, 1.82) is 0 Å². The summed E-state index contributed by atoms with van der Waals surface area (Å²) in [5, 5.41) is 11.5. The molecule has 0 radical (unpaired) electrons.